The van der Waals surface area contributed by atoms with Crippen LogP contribution in [-0.4, -0.2) is 41.5 Å². The summed E-state index contributed by atoms with van der Waals surface area (Å²) < 4.78 is 16.6. The van der Waals surface area contributed by atoms with Crippen molar-refractivity contribution < 1.29 is 24.1 Å². The van der Waals surface area contributed by atoms with Crippen LogP contribution in [0.4, 0.5) is 11.5 Å². The van der Waals surface area contributed by atoms with Crippen LogP contribution in [0.3, 0.4) is 0 Å². The molecule has 6 rings (SSSR count). The Bertz CT molecular complexity index is 1450. The average molecular weight is 455 g/mol. The molecule has 0 radical (unpaired) electrons. The summed E-state index contributed by atoms with van der Waals surface area (Å²) in [6.07, 6.45) is 1.91. The van der Waals surface area contributed by atoms with Gasteiger partial charge in [0, 0.05) is 23.9 Å². The molecule has 1 aromatic heterocycles. The first-order valence-electron chi connectivity index (χ1n) is 11.0. The Labute approximate surface area is 195 Å². The van der Waals surface area contributed by atoms with E-state index in [1.54, 1.807) is 25.3 Å². The van der Waals surface area contributed by atoms with E-state index in [1.807, 2.05) is 30.3 Å². The third-order valence-corrected chi connectivity index (χ3v) is 6.21. The summed E-state index contributed by atoms with van der Waals surface area (Å²) in [6, 6.07) is 16.6. The molecule has 0 aliphatic carbocycles. The third kappa shape index (κ3) is 3.35. The van der Waals surface area contributed by atoms with Crippen LogP contribution in [0.2, 0.25) is 0 Å². The number of carbonyl (C=O) groups is 1. The minimum atomic E-state index is -1.00. The number of carboxylic acid groups (broad SMARTS) is 1. The summed E-state index contributed by atoms with van der Waals surface area (Å²) >= 11 is 0. The van der Waals surface area contributed by atoms with Crippen molar-refractivity contribution >= 4 is 28.5 Å². The molecule has 0 bridgehead atoms. The smallest absolute Gasteiger partial charge is 0.335 e. The zero-order valence-electron chi connectivity index (χ0n) is 18.4. The molecule has 1 N–H and O–H groups in total. The number of methoxy groups -OCH3 is 1. The average Bonchev–Trinajstić information content (AvgIpc) is 3.35. The van der Waals surface area contributed by atoms with Gasteiger partial charge in [-0.1, -0.05) is 6.07 Å². The van der Waals surface area contributed by atoms with Crippen molar-refractivity contribution in [3.05, 3.63) is 65.7 Å². The van der Waals surface area contributed by atoms with Crippen molar-refractivity contribution in [1.82, 2.24) is 9.97 Å². The highest BCUT2D eigenvalue weighted by atomic mass is 16.7. The highest BCUT2D eigenvalue weighted by molar-refractivity contribution is 5.94. The van der Waals surface area contributed by atoms with Crippen LogP contribution in [0, 0.1) is 0 Å². The zero-order chi connectivity index (χ0) is 23.2. The topological polar surface area (TPSA) is 94.0 Å². The maximum absolute atomic E-state index is 11.6. The molecule has 3 heterocycles. The summed E-state index contributed by atoms with van der Waals surface area (Å²) in [6.45, 7) is 0.933. The van der Waals surface area contributed by atoms with Crippen LogP contribution in [0.1, 0.15) is 22.3 Å². The van der Waals surface area contributed by atoms with Crippen LogP contribution in [0.25, 0.3) is 22.3 Å². The maximum atomic E-state index is 11.6. The second-order valence-electron chi connectivity index (χ2n) is 8.22. The van der Waals surface area contributed by atoms with Crippen molar-refractivity contribution in [1.29, 1.82) is 0 Å². The van der Waals surface area contributed by atoms with Crippen LogP contribution < -0.4 is 19.1 Å². The van der Waals surface area contributed by atoms with Crippen LogP contribution in [0.5, 0.6) is 17.2 Å². The summed E-state index contributed by atoms with van der Waals surface area (Å²) in [5, 5.41) is 9.47. The molecule has 0 fully saturated rings. The first-order valence-corrected chi connectivity index (χ1v) is 11.0. The minimum Gasteiger partial charge on any atom is -0.497 e. The van der Waals surface area contributed by atoms with E-state index in [1.165, 1.54) is 5.56 Å². The Morgan fingerprint density at radius 1 is 1.00 bits per heavy atom. The van der Waals surface area contributed by atoms with E-state index < -0.39 is 5.97 Å². The summed E-state index contributed by atoms with van der Waals surface area (Å²) in [5.41, 5.74) is 5.04. The van der Waals surface area contributed by atoms with E-state index in [4.69, 9.17) is 24.2 Å². The fraction of sp³-hybridized carbons (Fsp3) is 0.192. The van der Waals surface area contributed by atoms with E-state index in [-0.39, 0.29) is 12.4 Å². The van der Waals surface area contributed by atoms with Gasteiger partial charge in [0.2, 0.25) is 6.79 Å². The number of aryl methyl sites for hydroxylation is 1. The molecule has 0 atom stereocenters. The summed E-state index contributed by atoms with van der Waals surface area (Å²) in [5.74, 6) is 1.77. The number of fused-ring (bicyclic) bond motifs is 3. The predicted octanol–water partition coefficient (Wildman–Crippen LogP) is 4.82. The van der Waals surface area contributed by atoms with Crippen LogP contribution in [-0.2, 0) is 6.42 Å². The molecule has 0 saturated heterocycles. The number of nitrogens with zero attached hydrogens (tertiary/aromatic N) is 3. The molecule has 34 heavy (non-hydrogen) atoms. The first-order chi connectivity index (χ1) is 16.6. The Hall–Kier alpha value is -4.33. The lowest BCUT2D eigenvalue weighted by molar-refractivity contribution is 0.0697. The number of benzene rings is 3. The molecule has 0 spiro atoms. The highest BCUT2D eigenvalue weighted by Crippen LogP contribution is 2.42. The lowest BCUT2D eigenvalue weighted by Gasteiger charge is -2.32. The number of hydrogen-bond donors (Lipinski definition) is 1. The fourth-order valence-electron chi connectivity index (χ4n) is 4.51. The minimum absolute atomic E-state index is 0.171. The second kappa shape index (κ2) is 7.91. The highest BCUT2D eigenvalue weighted by Gasteiger charge is 2.26. The number of rotatable bonds is 4. The van der Waals surface area contributed by atoms with Crippen molar-refractivity contribution in [2.45, 2.75) is 12.8 Å². The van der Waals surface area contributed by atoms with E-state index in [0.717, 1.165) is 36.4 Å². The SMILES string of the molecule is COc1ccc2c(c1)N(c1nc3cc(C(=O)O)ccc3nc1-c1ccc3c(c1)OCO3)CCC2. The van der Waals surface area contributed by atoms with Crippen molar-refractivity contribution in [2.24, 2.45) is 0 Å². The molecule has 170 valence electrons. The molecular weight excluding hydrogens is 434 g/mol. The van der Waals surface area contributed by atoms with Gasteiger partial charge in [-0.25, -0.2) is 14.8 Å². The Morgan fingerprint density at radius 3 is 2.74 bits per heavy atom. The first kappa shape index (κ1) is 20.3. The van der Waals surface area contributed by atoms with Crippen molar-refractivity contribution in [2.75, 3.05) is 25.3 Å². The number of hydrogen-bond acceptors (Lipinski definition) is 7. The Morgan fingerprint density at radius 2 is 1.88 bits per heavy atom. The molecule has 3 aromatic carbocycles. The fourth-order valence-corrected chi connectivity index (χ4v) is 4.51. The van der Waals surface area contributed by atoms with Crippen molar-refractivity contribution in [3.63, 3.8) is 0 Å². The summed E-state index contributed by atoms with van der Waals surface area (Å²) in [7, 11) is 1.65. The van der Waals surface area contributed by atoms with E-state index in [0.29, 0.717) is 34.0 Å². The van der Waals surface area contributed by atoms with Gasteiger partial charge in [0.1, 0.15) is 11.4 Å². The largest absolute Gasteiger partial charge is 0.497 e. The number of carboxylic acids is 1. The Balaban J connectivity index is 1.59. The lowest BCUT2D eigenvalue weighted by Crippen LogP contribution is -2.26. The Kier molecular flexibility index (Phi) is 4.72. The van der Waals surface area contributed by atoms with Gasteiger partial charge >= 0.3 is 5.97 Å². The molecule has 0 saturated carbocycles. The normalized spacial score (nSPS) is 14.2. The number of aromatic nitrogens is 2. The van der Waals surface area contributed by atoms with E-state index in [2.05, 4.69) is 11.0 Å². The van der Waals surface area contributed by atoms with Crippen molar-refractivity contribution in [3.8, 4) is 28.5 Å². The zero-order valence-corrected chi connectivity index (χ0v) is 18.4. The number of ether oxygens (including phenoxy) is 3. The van der Waals surface area contributed by atoms with Gasteiger partial charge in [-0.15, -0.1) is 0 Å². The van der Waals surface area contributed by atoms with Gasteiger partial charge in [-0.3, -0.25) is 0 Å². The molecule has 2 aliphatic heterocycles. The lowest BCUT2D eigenvalue weighted by atomic mass is 10.0. The third-order valence-electron chi connectivity index (χ3n) is 6.21. The molecule has 4 aromatic rings. The van der Waals surface area contributed by atoms with E-state index in [9.17, 15) is 9.90 Å². The second-order valence-corrected chi connectivity index (χ2v) is 8.22. The molecule has 8 heteroatoms. The van der Waals surface area contributed by atoms with Gasteiger partial charge in [0.15, 0.2) is 17.3 Å². The molecule has 0 unspecified atom stereocenters. The molecular formula is C26H21N3O5. The standard InChI is InChI=1S/C26H21N3O5/c1-32-18-7-4-15-3-2-10-29(21(15)13-18)25-24(16-6-9-22-23(12-16)34-14-33-22)27-19-8-5-17(26(30)31)11-20(19)28-25/h4-9,11-13H,2-3,10,14H2,1H3,(H,30,31). The van der Waals surface area contributed by atoms with Crippen LogP contribution in [0.15, 0.2) is 54.6 Å². The molecule has 2 aliphatic rings. The monoisotopic (exact) mass is 455 g/mol. The van der Waals surface area contributed by atoms with Gasteiger partial charge in [0.05, 0.1) is 23.7 Å². The summed E-state index contributed by atoms with van der Waals surface area (Å²) in [4.78, 5) is 23.6. The van der Waals surface area contributed by atoms with Gasteiger partial charge < -0.3 is 24.2 Å². The molecule has 8 nitrogen and oxygen atoms in total. The van der Waals surface area contributed by atoms with Gasteiger partial charge in [0.25, 0.3) is 0 Å². The predicted molar refractivity (Wildman–Crippen MR) is 126 cm³/mol. The van der Waals surface area contributed by atoms with Crippen LogP contribution >= 0.6 is 0 Å². The molecule has 0 amide bonds. The number of anilines is 2. The number of aromatic carboxylic acids is 1. The van der Waals surface area contributed by atoms with Gasteiger partial charge in [-0.05, 0) is 60.9 Å². The quantitative estimate of drug-likeness (QED) is 0.468. The van der Waals surface area contributed by atoms with Gasteiger partial charge in [-0.2, -0.15) is 0 Å². The van der Waals surface area contributed by atoms with E-state index >= 15 is 0 Å². The maximum Gasteiger partial charge on any atom is 0.335 e.